The van der Waals surface area contributed by atoms with E-state index in [-0.39, 0.29) is 29.2 Å². The van der Waals surface area contributed by atoms with Crippen LogP contribution in [-0.4, -0.2) is 43.9 Å². The van der Waals surface area contributed by atoms with E-state index in [0.717, 1.165) is 15.4 Å². The molecule has 0 aliphatic rings. The van der Waals surface area contributed by atoms with E-state index in [1.165, 1.54) is 25.3 Å². The maximum Gasteiger partial charge on any atom is 0.352 e. The third-order valence-electron chi connectivity index (χ3n) is 3.26. The van der Waals surface area contributed by atoms with Crippen molar-refractivity contribution in [3.8, 4) is 5.69 Å². The van der Waals surface area contributed by atoms with Gasteiger partial charge in [0.1, 0.15) is 6.20 Å². The predicted molar refractivity (Wildman–Crippen MR) is 83.7 cm³/mol. The average Bonchev–Trinajstić information content (AvgIpc) is 2.55. The molecular weight excluding hydrogens is 342 g/mol. The summed E-state index contributed by atoms with van der Waals surface area (Å²) in [7, 11) is 1.29. The van der Waals surface area contributed by atoms with E-state index in [9.17, 15) is 19.5 Å². The molecule has 0 amide bonds. The van der Waals surface area contributed by atoms with Crippen molar-refractivity contribution in [2.75, 3.05) is 7.11 Å². The molecule has 0 saturated heterocycles. The first kappa shape index (κ1) is 17.9. The van der Waals surface area contributed by atoms with Crippen LogP contribution in [0.25, 0.3) is 5.69 Å². The topological polar surface area (TPSA) is 124 Å². The largest absolute Gasteiger partial charge is 0.478 e. The van der Waals surface area contributed by atoms with Gasteiger partial charge in [0.15, 0.2) is 6.29 Å². The summed E-state index contributed by atoms with van der Waals surface area (Å²) < 4.78 is 6.40. The standard InChI is InChI=1S/C14H14ClN3O6/c1-24-12(20)4-5-17-11(19)7-16-18(14(17)23)8-2-3-10(15)9(6-8)13(21)22/h2-3,6-7,12,20H,4-5H2,1H3,(H,21,22). The van der Waals surface area contributed by atoms with E-state index in [4.69, 9.17) is 16.7 Å². The van der Waals surface area contributed by atoms with E-state index >= 15 is 0 Å². The summed E-state index contributed by atoms with van der Waals surface area (Å²) in [6, 6.07) is 3.90. The SMILES string of the molecule is COC(O)CCn1c(=O)cnn(-c2ccc(Cl)c(C(=O)O)c2)c1=O. The third kappa shape index (κ3) is 3.70. The minimum absolute atomic E-state index is 0.0100. The van der Waals surface area contributed by atoms with Crippen LogP contribution >= 0.6 is 11.6 Å². The van der Waals surface area contributed by atoms with Crippen molar-refractivity contribution in [1.82, 2.24) is 14.3 Å². The zero-order valence-electron chi connectivity index (χ0n) is 12.5. The maximum absolute atomic E-state index is 12.4. The molecule has 0 radical (unpaired) electrons. The Morgan fingerprint density at radius 3 is 2.75 bits per heavy atom. The highest BCUT2D eigenvalue weighted by Crippen LogP contribution is 2.18. The highest BCUT2D eigenvalue weighted by atomic mass is 35.5. The van der Waals surface area contributed by atoms with Crippen LogP contribution in [0.4, 0.5) is 0 Å². The molecule has 1 aromatic heterocycles. The number of carbonyl (C=O) groups is 1. The lowest BCUT2D eigenvalue weighted by atomic mass is 10.2. The quantitative estimate of drug-likeness (QED) is 0.704. The number of methoxy groups -OCH3 is 1. The molecule has 2 N–H and O–H groups in total. The summed E-state index contributed by atoms with van der Waals surface area (Å²) in [5.41, 5.74) is -1.48. The fourth-order valence-corrected chi connectivity index (χ4v) is 2.18. The first-order chi connectivity index (χ1) is 11.3. The Bertz CT molecular complexity index is 876. The lowest BCUT2D eigenvalue weighted by molar-refractivity contribution is -0.0805. The minimum Gasteiger partial charge on any atom is -0.478 e. The summed E-state index contributed by atoms with van der Waals surface area (Å²) in [6.45, 7) is -0.0887. The molecule has 0 bridgehead atoms. The number of aliphatic hydroxyl groups excluding tert-OH is 1. The first-order valence-corrected chi connectivity index (χ1v) is 7.16. The van der Waals surface area contributed by atoms with Gasteiger partial charge in [-0.3, -0.25) is 9.36 Å². The minimum atomic E-state index is -1.26. The Hall–Kier alpha value is -2.49. The van der Waals surface area contributed by atoms with Crippen LogP contribution in [0.1, 0.15) is 16.8 Å². The van der Waals surface area contributed by atoms with Crippen molar-refractivity contribution in [3.05, 3.63) is 55.8 Å². The maximum atomic E-state index is 12.4. The van der Waals surface area contributed by atoms with Crippen molar-refractivity contribution < 1.29 is 19.7 Å². The Morgan fingerprint density at radius 1 is 1.42 bits per heavy atom. The lowest BCUT2D eigenvalue weighted by Crippen LogP contribution is -2.40. The van der Waals surface area contributed by atoms with Crippen LogP contribution in [0.3, 0.4) is 0 Å². The smallest absolute Gasteiger partial charge is 0.352 e. The van der Waals surface area contributed by atoms with Gasteiger partial charge in [0.25, 0.3) is 5.56 Å². The van der Waals surface area contributed by atoms with Gasteiger partial charge in [-0.1, -0.05) is 11.6 Å². The van der Waals surface area contributed by atoms with Crippen molar-refractivity contribution in [1.29, 1.82) is 0 Å². The van der Waals surface area contributed by atoms with E-state index in [1.807, 2.05) is 0 Å². The number of carboxylic acid groups (broad SMARTS) is 1. The van der Waals surface area contributed by atoms with E-state index in [2.05, 4.69) is 9.84 Å². The molecular formula is C14H14ClN3O6. The van der Waals surface area contributed by atoms with E-state index in [1.54, 1.807) is 0 Å². The number of rotatable bonds is 6. The van der Waals surface area contributed by atoms with Crippen molar-refractivity contribution in [3.63, 3.8) is 0 Å². The van der Waals surface area contributed by atoms with Gasteiger partial charge in [-0.2, -0.15) is 9.78 Å². The van der Waals surface area contributed by atoms with Gasteiger partial charge in [0, 0.05) is 20.1 Å². The molecule has 0 aliphatic carbocycles. The molecule has 1 aromatic carbocycles. The molecule has 1 heterocycles. The van der Waals surface area contributed by atoms with Crippen LogP contribution in [0.15, 0.2) is 34.0 Å². The number of ether oxygens (including phenoxy) is 1. The van der Waals surface area contributed by atoms with E-state index < -0.39 is 23.5 Å². The number of hydrogen-bond donors (Lipinski definition) is 2. The number of aromatic carboxylic acids is 1. The molecule has 1 unspecified atom stereocenters. The second-order valence-corrected chi connectivity index (χ2v) is 5.18. The fraction of sp³-hybridized carbons (Fsp3) is 0.286. The first-order valence-electron chi connectivity index (χ1n) is 6.78. The predicted octanol–water partition coefficient (Wildman–Crippen LogP) is 0.101. The molecule has 2 rings (SSSR count). The normalized spacial score (nSPS) is 12.1. The van der Waals surface area contributed by atoms with Gasteiger partial charge in [-0.05, 0) is 18.2 Å². The molecule has 10 heteroatoms. The Morgan fingerprint density at radius 2 is 2.12 bits per heavy atom. The lowest BCUT2D eigenvalue weighted by Gasteiger charge is -2.11. The molecule has 0 spiro atoms. The van der Waals surface area contributed by atoms with Crippen LogP contribution in [-0.2, 0) is 11.3 Å². The number of nitrogens with zero attached hydrogens (tertiary/aromatic N) is 3. The summed E-state index contributed by atoms with van der Waals surface area (Å²) in [4.78, 5) is 35.4. The van der Waals surface area contributed by atoms with Gasteiger partial charge < -0.3 is 14.9 Å². The summed E-state index contributed by atoms with van der Waals surface area (Å²) in [5.74, 6) is -1.26. The Balaban J connectivity index is 2.49. The highest BCUT2D eigenvalue weighted by Gasteiger charge is 2.14. The molecule has 2 aromatic rings. The molecule has 128 valence electrons. The molecule has 24 heavy (non-hydrogen) atoms. The number of hydrogen-bond acceptors (Lipinski definition) is 6. The fourth-order valence-electron chi connectivity index (χ4n) is 1.98. The van der Waals surface area contributed by atoms with Crippen molar-refractivity contribution in [2.45, 2.75) is 19.3 Å². The summed E-state index contributed by atoms with van der Waals surface area (Å²) in [6.07, 6.45) is -0.168. The molecule has 0 saturated carbocycles. The number of carboxylic acids is 1. The van der Waals surface area contributed by atoms with Crippen LogP contribution in [0, 0.1) is 0 Å². The van der Waals surface area contributed by atoms with Gasteiger partial charge >= 0.3 is 11.7 Å². The number of benzene rings is 1. The Kier molecular flexibility index (Phi) is 5.50. The third-order valence-corrected chi connectivity index (χ3v) is 3.59. The second-order valence-electron chi connectivity index (χ2n) is 4.78. The molecule has 1 atom stereocenters. The summed E-state index contributed by atoms with van der Waals surface area (Å²) >= 11 is 5.79. The highest BCUT2D eigenvalue weighted by molar-refractivity contribution is 6.33. The molecule has 0 aliphatic heterocycles. The van der Waals surface area contributed by atoms with Crippen LogP contribution in [0.2, 0.25) is 5.02 Å². The Labute approximate surface area is 140 Å². The van der Waals surface area contributed by atoms with Gasteiger partial charge in [0.2, 0.25) is 0 Å². The van der Waals surface area contributed by atoms with Gasteiger partial charge in [-0.15, -0.1) is 0 Å². The van der Waals surface area contributed by atoms with E-state index in [0.29, 0.717) is 0 Å². The zero-order valence-corrected chi connectivity index (χ0v) is 13.3. The van der Waals surface area contributed by atoms with Crippen LogP contribution in [0.5, 0.6) is 0 Å². The van der Waals surface area contributed by atoms with Crippen molar-refractivity contribution in [2.24, 2.45) is 0 Å². The van der Waals surface area contributed by atoms with Crippen molar-refractivity contribution >= 4 is 17.6 Å². The zero-order chi connectivity index (χ0) is 17.9. The number of aliphatic hydroxyl groups is 1. The number of aromatic nitrogens is 3. The monoisotopic (exact) mass is 355 g/mol. The van der Waals surface area contributed by atoms with Gasteiger partial charge in [0.05, 0.1) is 16.3 Å². The number of halogens is 1. The molecule has 9 nitrogen and oxygen atoms in total. The summed E-state index contributed by atoms with van der Waals surface area (Å²) in [5, 5.41) is 22.2. The molecule has 0 fully saturated rings. The average molecular weight is 356 g/mol. The second kappa shape index (κ2) is 7.39. The van der Waals surface area contributed by atoms with Crippen LogP contribution < -0.4 is 11.2 Å². The van der Waals surface area contributed by atoms with Gasteiger partial charge in [-0.25, -0.2) is 9.59 Å².